The summed E-state index contributed by atoms with van der Waals surface area (Å²) in [6, 6.07) is 12.2. The molecule has 10 heteroatoms. The number of carbonyl (C=O) groups excluding carboxylic acids is 1. The number of thiophene rings is 1. The van der Waals surface area contributed by atoms with Crippen LogP contribution >= 0.6 is 11.3 Å². The molecule has 150 valence electrons. The first-order valence-electron chi connectivity index (χ1n) is 8.36. The van der Waals surface area contributed by atoms with Gasteiger partial charge in [-0.2, -0.15) is 8.42 Å². The van der Waals surface area contributed by atoms with Crippen LogP contribution in [0.1, 0.15) is 17.3 Å². The highest BCUT2D eigenvalue weighted by Gasteiger charge is 2.22. The fourth-order valence-corrected chi connectivity index (χ4v) is 4.16. The van der Waals surface area contributed by atoms with Gasteiger partial charge < -0.3 is 8.92 Å². The Morgan fingerprint density at radius 1 is 1.14 bits per heavy atom. The summed E-state index contributed by atoms with van der Waals surface area (Å²) in [4.78, 5) is 22.7. The number of nitro benzene ring substituents is 1. The molecule has 0 radical (unpaired) electrons. The molecule has 8 nitrogen and oxygen atoms in total. The van der Waals surface area contributed by atoms with Crippen molar-refractivity contribution in [2.45, 2.75) is 11.8 Å². The van der Waals surface area contributed by atoms with Gasteiger partial charge in [0.25, 0.3) is 5.69 Å². The van der Waals surface area contributed by atoms with Gasteiger partial charge in [-0.15, -0.1) is 11.3 Å². The van der Waals surface area contributed by atoms with Crippen molar-refractivity contribution >= 4 is 33.1 Å². The Labute approximate surface area is 170 Å². The van der Waals surface area contributed by atoms with Crippen LogP contribution in [0, 0.1) is 10.1 Å². The van der Waals surface area contributed by atoms with E-state index in [-0.39, 0.29) is 28.5 Å². The number of benzene rings is 2. The molecule has 0 aliphatic carbocycles. The predicted octanol–water partition coefficient (Wildman–Crippen LogP) is 4.27. The van der Waals surface area contributed by atoms with Crippen LogP contribution in [0.3, 0.4) is 0 Å². The summed E-state index contributed by atoms with van der Waals surface area (Å²) < 4.78 is 35.5. The monoisotopic (exact) mass is 433 g/mol. The maximum absolute atomic E-state index is 12.7. The molecule has 2 aromatic carbocycles. The zero-order valence-electron chi connectivity index (χ0n) is 15.1. The van der Waals surface area contributed by atoms with Gasteiger partial charge in [0.2, 0.25) is 0 Å². The van der Waals surface area contributed by atoms with E-state index in [4.69, 9.17) is 8.92 Å². The van der Waals surface area contributed by atoms with Crippen molar-refractivity contribution in [3.05, 3.63) is 75.7 Å². The smallest absolute Gasteiger partial charge is 0.339 e. The molecule has 0 aliphatic rings. The normalized spacial score (nSPS) is 11.1. The molecule has 29 heavy (non-hydrogen) atoms. The van der Waals surface area contributed by atoms with E-state index in [1.165, 1.54) is 53.8 Å². The van der Waals surface area contributed by atoms with Crippen LogP contribution in [-0.2, 0) is 14.9 Å². The minimum Gasteiger partial charge on any atom is -0.462 e. The Kier molecular flexibility index (Phi) is 5.95. The molecular weight excluding hydrogens is 418 g/mol. The molecule has 0 aliphatic heterocycles. The van der Waals surface area contributed by atoms with Crippen LogP contribution in [-0.4, -0.2) is 25.9 Å². The van der Waals surface area contributed by atoms with Crippen molar-refractivity contribution in [2.24, 2.45) is 0 Å². The Morgan fingerprint density at radius 2 is 1.86 bits per heavy atom. The van der Waals surface area contributed by atoms with Crippen molar-refractivity contribution in [3.8, 4) is 16.2 Å². The van der Waals surface area contributed by atoms with Gasteiger partial charge in [0.15, 0.2) is 5.75 Å². The molecule has 0 N–H and O–H groups in total. The van der Waals surface area contributed by atoms with Crippen LogP contribution in [0.25, 0.3) is 10.4 Å². The van der Waals surface area contributed by atoms with Crippen molar-refractivity contribution in [1.29, 1.82) is 0 Å². The van der Waals surface area contributed by atoms with E-state index in [2.05, 4.69) is 0 Å². The van der Waals surface area contributed by atoms with Crippen LogP contribution in [0.5, 0.6) is 5.75 Å². The molecule has 0 atom stereocenters. The molecule has 3 aromatic rings. The first-order valence-corrected chi connectivity index (χ1v) is 10.6. The SMILES string of the molecule is CCOC(=O)c1ccc(S(=O)(=O)Oc2ccc([N+](=O)[O-])cc2-c2cccs2)cc1. The highest BCUT2D eigenvalue weighted by Crippen LogP contribution is 2.37. The minimum atomic E-state index is -4.23. The van der Waals surface area contributed by atoms with Crippen LogP contribution in [0.2, 0.25) is 0 Å². The van der Waals surface area contributed by atoms with Gasteiger partial charge in [-0.05, 0) is 48.7 Å². The maximum Gasteiger partial charge on any atom is 0.339 e. The second kappa shape index (κ2) is 8.41. The molecule has 3 rings (SSSR count). The first-order chi connectivity index (χ1) is 13.8. The topological polar surface area (TPSA) is 113 Å². The molecule has 0 fully saturated rings. The average molecular weight is 433 g/mol. The van der Waals surface area contributed by atoms with Crippen molar-refractivity contribution in [3.63, 3.8) is 0 Å². The van der Waals surface area contributed by atoms with E-state index in [0.717, 1.165) is 0 Å². The summed E-state index contributed by atoms with van der Waals surface area (Å²) in [7, 11) is -4.23. The molecular formula is C19H15NO7S2. The highest BCUT2D eigenvalue weighted by molar-refractivity contribution is 7.87. The number of nitrogens with zero attached hydrogens (tertiary/aromatic N) is 1. The van der Waals surface area contributed by atoms with E-state index in [1.54, 1.807) is 24.4 Å². The number of carbonyl (C=O) groups is 1. The average Bonchev–Trinajstić information content (AvgIpc) is 3.23. The lowest BCUT2D eigenvalue weighted by Crippen LogP contribution is -2.11. The standard InChI is InChI=1S/C19H15NO7S2/c1-2-26-19(21)13-5-8-15(9-6-13)29(24,25)27-17-10-7-14(20(22)23)12-16(17)18-4-3-11-28-18/h3-12H,2H2,1H3. The number of hydrogen-bond donors (Lipinski definition) is 0. The minimum absolute atomic E-state index is 0.0347. The molecule has 1 heterocycles. The molecule has 0 saturated heterocycles. The Hall–Kier alpha value is -3.24. The number of nitro groups is 1. The largest absolute Gasteiger partial charge is 0.462 e. The quantitative estimate of drug-likeness (QED) is 0.237. The van der Waals surface area contributed by atoms with Gasteiger partial charge in [0.1, 0.15) is 4.90 Å². The fourth-order valence-electron chi connectivity index (χ4n) is 2.47. The van der Waals surface area contributed by atoms with E-state index >= 15 is 0 Å². The van der Waals surface area contributed by atoms with Crippen LogP contribution < -0.4 is 4.18 Å². The molecule has 0 amide bonds. The van der Waals surface area contributed by atoms with Crippen LogP contribution in [0.4, 0.5) is 5.69 Å². The van der Waals surface area contributed by atoms with Gasteiger partial charge in [-0.1, -0.05) is 6.07 Å². The first kappa shape index (κ1) is 20.5. The van der Waals surface area contributed by atoms with E-state index in [9.17, 15) is 23.3 Å². The summed E-state index contributed by atoms with van der Waals surface area (Å²) in [5.41, 5.74) is 0.318. The molecule has 0 unspecified atom stereocenters. The van der Waals surface area contributed by atoms with E-state index < -0.39 is 21.0 Å². The number of non-ortho nitro benzene ring substituents is 1. The second-order valence-corrected chi connectivity index (χ2v) is 8.19. The maximum atomic E-state index is 12.7. The number of ether oxygens (including phenoxy) is 1. The predicted molar refractivity (Wildman–Crippen MR) is 107 cm³/mol. The lowest BCUT2D eigenvalue weighted by Gasteiger charge is -2.11. The zero-order valence-corrected chi connectivity index (χ0v) is 16.7. The van der Waals surface area contributed by atoms with Gasteiger partial charge in [0.05, 0.1) is 17.1 Å². The van der Waals surface area contributed by atoms with Gasteiger partial charge >= 0.3 is 16.1 Å². The highest BCUT2D eigenvalue weighted by atomic mass is 32.2. The Morgan fingerprint density at radius 3 is 2.45 bits per heavy atom. The lowest BCUT2D eigenvalue weighted by molar-refractivity contribution is -0.384. The third-order valence-corrected chi connectivity index (χ3v) is 5.97. The molecule has 0 bridgehead atoms. The number of rotatable bonds is 7. The van der Waals surface area contributed by atoms with Crippen molar-refractivity contribution in [2.75, 3.05) is 6.61 Å². The van der Waals surface area contributed by atoms with Crippen LogP contribution in [0.15, 0.2) is 64.9 Å². The summed E-state index contributed by atoms with van der Waals surface area (Å²) in [6.07, 6.45) is 0. The van der Waals surface area contributed by atoms with Crippen molar-refractivity contribution in [1.82, 2.24) is 0 Å². The van der Waals surface area contributed by atoms with Gasteiger partial charge in [-0.3, -0.25) is 10.1 Å². The van der Waals surface area contributed by atoms with E-state index in [1.807, 2.05) is 0 Å². The van der Waals surface area contributed by atoms with Gasteiger partial charge in [0, 0.05) is 22.6 Å². The molecule has 1 aromatic heterocycles. The number of hydrogen-bond acceptors (Lipinski definition) is 8. The van der Waals surface area contributed by atoms with Crippen molar-refractivity contribution < 1.29 is 27.1 Å². The molecule has 0 saturated carbocycles. The zero-order chi connectivity index (χ0) is 21.0. The lowest BCUT2D eigenvalue weighted by atomic mass is 10.1. The Balaban J connectivity index is 1.94. The number of esters is 1. The fraction of sp³-hybridized carbons (Fsp3) is 0.105. The van der Waals surface area contributed by atoms with E-state index in [0.29, 0.717) is 10.4 Å². The third-order valence-electron chi connectivity index (χ3n) is 3.81. The summed E-state index contributed by atoms with van der Waals surface area (Å²) in [6.45, 7) is 1.87. The summed E-state index contributed by atoms with van der Waals surface area (Å²) >= 11 is 1.29. The summed E-state index contributed by atoms with van der Waals surface area (Å²) in [5.74, 6) is -0.597. The van der Waals surface area contributed by atoms with Gasteiger partial charge in [-0.25, -0.2) is 4.79 Å². The Bertz CT molecular complexity index is 1140. The molecule has 0 spiro atoms. The third kappa shape index (κ3) is 4.61. The second-order valence-electron chi connectivity index (χ2n) is 5.70. The summed E-state index contributed by atoms with van der Waals surface area (Å²) in [5, 5.41) is 12.9.